The van der Waals surface area contributed by atoms with Crippen LogP contribution in [0.15, 0.2) is 36.5 Å². The maximum absolute atomic E-state index is 10.7. The van der Waals surface area contributed by atoms with Gasteiger partial charge < -0.3 is 10.4 Å². The highest BCUT2D eigenvalue weighted by molar-refractivity contribution is 14.1. The van der Waals surface area contributed by atoms with Crippen molar-refractivity contribution in [2.45, 2.75) is 0 Å². The van der Waals surface area contributed by atoms with Gasteiger partial charge >= 0.3 is 5.97 Å². The summed E-state index contributed by atoms with van der Waals surface area (Å²) < 4.78 is 1.04. The van der Waals surface area contributed by atoms with Crippen molar-refractivity contribution in [3.8, 4) is 0 Å². The number of benzene rings is 1. The maximum Gasteiger partial charge on any atom is 0.354 e. The van der Waals surface area contributed by atoms with Crippen LogP contribution in [0.5, 0.6) is 0 Å². The summed E-state index contributed by atoms with van der Waals surface area (Å²) in [5.41, 5.74) is 1.44. The van der Waals surface area contributed by atoms with Crippen LogP contribution in [-0.2, 0) is 0 Å². The molecule has 1 aromatic heterocycles. The molecule has 92 valence electrons. The van der Waals surface area contributed by atoms with Crippen LogP contribution in [0.25, 0.3) is 0 Å². The summed E-state index contributed by atoms with van der Waals surface area (Å²) in [4.78, 5) is 14.5. The first-order valence-corrected chi connectivity index (χ1v) is 6.43. The predicted molar refractivity (Wildman–Crippen MR) is 78.6 cm³/mol. The third kappa shape index (κ3) is 3.11. The highest BCUT2D eigenvalue weighted by Gasteiger charge is 2.05. The zero-order chi connectivity index (χ0) is 13.1. The number of carboxylic acid groups (broad SMARTS) is 1. The number of nitrogens with one attached hydrogen (secondary N) is 1. The summed E-state index contributed by atoms with van der Waals surface area (Å²) in [5, 5.41) is 12.4. The Morgan fingerprint density at radius 2 is 2.11 bits per heavy atom. The molecule has 2 rings (SSSR count). The van der Waals surface area contributed by atoms with Gasteiger partial charge in [0, 0.05) is 3.57 Å². The SMILES string of the molecule is O=C(O)c1ccc(Nc2ccc(I)cc2Cl)cn1. The second-order valence-electron chi connectivity index (χ2n) is 3.49. The van der Waals surface area contributed by atoms with Gasteiger partial charge in [-0.15, -0.1) is 0 Å². The Bertz CT molecular complexity index is 587. The van der Waals surface area contributed by atoms with E-state index in [4.69, 9.17) is 16.7 Å². The molecular weight excluding hydrogens is 367 g/mol. The van der Waals surface area contributed by atoms with Crippen molar-refractivity contribution in [3.05, 3.63) is 50.8 Å². The van der Waals surface area contributed by atoms with Crippen LogP contribution in [0.4, 0.5) is 11.4 Å². The molecule has 0 saturated heterocycles. The number of aromatic nitrogens is 1. The molecule has 0 atom stereocenters. The average Bonchev–Trinajstić information content (AvgIpc) is 2.33. The van der Waals surface area contributed by atoms with E-state index in [9.17, 15) is 4.79 Å². The van der Waals surface area contributed by atoms with E-state index in [0.29, 0.717) is 10.7 Å². The van der Waals surface area contributed by atoms with Gasteiger partial charge in [0.05, 0.1) is 22.6 Å². The Kier molecular flexibility index (Phi) is 4.03. The number of carbonyl (C=O) groups is 1. The molecule has 0 fully saturated rings. The molecule has 0 amide bonds. The van der Waals surface area contributed by atoms with Crippen LogP contribution < -0.4 is 5.32 Å². The highest BCUT2D eigenvalue weighted by Crippen LogP contribution is 2.26. The summed E-state index contributed by atoms with van der Waals surface area (Å²) in [5.74, 6) is -1.05. The fourth-order valence-electron chi connectivity index (χ4n) is 1.34. The van der Waals surface area contributed by atoms with Crippen molar-refractivity contribution in [2.24, 2.45) is 0 Å². The van der Waals surface area contributed by atoms with Gasteiger partial charge in [-0.25, -0.2) is 9.78 Å². The molecule has 0 spiro atoms. The van der Waals surface area contributed by atoms with E-state index in [2.05, 4.69) is 32.9 Å². The molecule has 2 N–H and O–H groups in total. The molecular formula is C12H8ClIN2O2. The molecule has 0 unspecified atom stereocenters. The van der Waals surface area contributed by atoms with Crippen LogP contribution in [0, 0.1) is 3.57 Å². The van der Waals surface area contributed by atoms with E-state index in [1.165, 1.54) is 12.3 Å². The Balaban J connectivity index is 2.21. The normalized spacial score (nSPS) is 10.1. The topological polar surface area (TPSA) is 62.2 Å². The van der Waals surface area contributed by atoms with Gasteiger partial charge in [0.2, 0.25) is 0 Å². The Hall–Kier alpha value is -1.34. The molecule has 18 heavy (non-hydrogen) atoms. The lowest BCUT2D eigenvalue weighted by molar-refractivity contribution is 0.0690. The summed E-state index contributed by atoms with van der Waals surface area (Å²) in [6, 6.07) is 8.70. The van der Waals surface area contributed by atoms with Crippen molar-refractivity contribution in [3.63, 3.8) is 0 Å². The zero-order valence-electron chi connectivity index (χ0n) is 9.02. The summed E-state index contributed by atoms with van der Waals surface area (Å²) >= 11 is 8.25. The number of pyridine rings is 1. The smallest absolute Gasteiger partial charge is 0.354 e. The fraction of sp³-hybridized carbons (Fsp3) is 0. The third-order valence-electron chi connectivity index (χ3n) is 2.19. The molecule has 0 aliphatic heterocycles. The van der Waals surface area contributed by atoms with Crippen LogP contribution in [0.2, 0.25) is 5.02 Å². The molecule has 0 aliphatic carbocycles. The third-order valence-corrected chi connectivity index (χ3v) is 3.18. The summed E-state index contributed by atoms with van der Waals surface area (Å²) in [7, 11) is 0. The van der Waals surface area contributed by atoms with Crippen LogP contribution in [-0.4, -0.2) is 16.1 Å². The van der Waals surface area contributed by atoms with Gasteiger partial charge in [-0.05, 0) is 52.9 Å². The molecule has 6 heteroatoms. The van der Waals surface area contributed by atoms with Crippen molar-refractivity contribution in [2.75, 3.05) is 5.32 Å². The molecule has 0 saturated carbocycles. The predicted octanol–water partition coefficient (Wildman–Crippen LogP) is 3.78. The fourth-order valence-corrected chi connectivity index (χ4v) is 2.24. The number of hydrogen-bond donors (Lipinski definition) is 2. The highest BCUT2D eigenvalue weighted by atomic mass is 127. The first-order chi connectivity index (χ1) is 8.56. The van der Waals surface area contributed by atoms with Crippen LogP contribution in [0.1, 0.15) is 10.5 Å². The lowest BCUT2D eigenvalue weighted by Crippen LogP contribution is -2.00. The Labute approximate surface area is 122 Å². The molecule has 1 heterocycles. The van der Waals surface area contributed by atoms with Gasteiger partial charge in [0.25, 0.3) is 0 Å². The van der Waals surface area contributed by atoms with E-state index in [1.54, 1.807) is 6.07 Å². The Morgan fingerprint density at radius 3 is 2.67 bits per heavy atom. The number of halogens is 2. The van der Waals surface area contributed by atoms with Crippen molar-refractivity contribution < 1.29 is 9.90 Å². The minimum Gasteiger partial charge on any atom is -0.477 e. The van der Waals surface area contributed by atoms with Crippen molar-refractivity contribution in [1.82, 2.24) is 4.98 Å². The lowest BCUT2D eigenvalue weighted by atomic mass is 10.3. The molecule has 0 bridgehead atoms. The lowest BCUT2D eigenvalue weighted by Gasteiger charge is -2.08. The van der Waals surface area contributed by atoms with Gasteiger partial charge in [-0.3, -0.25) is 0 Å². The van der Waals surface area contributed by atoms with Gasteiger partial charge in [0.1, 0.15) is 5.69 Å². The minimum atomic E-state index is -1.05. The van der Waals surface area contributed by atoms with E-state index in [0.717, 1.165) is 9.26 Å². The van der Waals surface area contributed by atoms with E-state index >= 15 is 0 Å². The maximum atomic E-state index is 10.7. The summed E-state index contributed by atoms with van der Waals surface area (Å²) in [6.45, 7) is 0. The number of anilines is 2. The monoisotopic (exact) mass is 374 g/mol. The average molecular weight is 375 g/mol. The van der Waals surface area contributed by atoms with Crippen LogP contribution in [0.3, 0.4) is 0 Å². The zero-order valence-corrected chi connectivity index (χ0v) is 11.9. The second kappa shape index (κ2) is 5.53. The number of rotatable bonds is 3. The minimum absolute atomic E-state index is 0.00857. The van der Waals surface area contributed by atoms with Gasteiger partial charge in [-0.2, -0.15) is 0 Å². The van der Waals surface area contributed by atoms with E-state index in [-0.39, 0.29) is 5.69 Å². The molecule has 2 aromatic rings. The molecule has 0 aliphatic rings. The summed E-state index contributed by atoms with van der Waals surface area (Å²) in [6.07, 6.45) is 1.46. The number of carboxylic acids is 1. The standard InChI is InChI=1S/C12H8ClIN2O2/c13-9-5-7(14)1-3-10(9)16-8-2-4-11(12(17)18)15-6-8/h1-6,16H,(H,17,18). The quantitative estimate of drug-likeness (QED) is 0.803. The first-order valence-electron chi connectivity index (χ1n) is 4.97. The number of aromatic carboxylic acids is 1. The molecule has 1 aromatic carbocycles. The first kappa shape index (κ1) is 13.1. The van der Waals surface area contributed by atoms with Crippen molar-refractivity contribution >= 4 is 51.5 Å². The van der Waals surface area contributed by atoms with Crippen molar-refractivity contribution in [1.29, 1.82) is 0 Å². The second-order valence-corrected chi connectivity index (χ2v) is 5.14. The van der Waals surface area contributed by atoms with E-state index < -0.39 is 5.97 Å². The van der Waals surface area contributed by atoms with E-state index in [1.807, 2.05) is 18.2 Å². The Morgan fingerprint density at radius 1 is 1.33 bits per heavy atom. The van der Waals surface area contributed by atoms with Gasteiger partial charge in [0.15, 0.2) is 0 Å². The molecule has 4 nitrogen and oxygen atoms in total. The molecule has 0 radical (unpaired) electrons. The van der Waals surface area contributed by atoms with Gasteiger partial charge in [-0.1, -0.05) is 11.6 Å². The number of hydrogen-bond acceptors (Lipinski definition) is 3. The largest absolute Gasteiger partial charge is 0.477 e. The van der Waals surface area contributed by atoms with Crippen LogP contribution >= 0.6 is 34.2 Å². The number of nitrogens with zero attached hydrogens (tertiary/aromatic N) is 1.